The third-order valence-electron chi connectivity index (χ3n) is 7.81. The minimum atomic E-state index is -0.00661. The molecule has 0 atom stereocenters. The summed E-state index contributed by atoms with van der Waals surface area (Å²) >= 11 is 0. The Balaban J connectivity index is 3.04. The van der Waals surface area contributed by atoms with Gasteiger partial charge in [0.05, 0.1) is 6.61 Å². The van der Waals surface area contributed by atoms with Gasteiger partial charge in [-0.05, 0) is 50.5 Å². The number of phenolic OH excluding ortho intramolecular Hbond substituents is 2. The van der Waals surface area contributed by atoms with Crippen LogP contribution in [0, 0.1) is 0 Å². The van der Waals surface area contributed by atoms with Gasteiger partial charge in [0.25, 0.3) is 0 Å². The van der Waals surface area contributed by atoms with E-state index in [-0.39, 0.29) is 11.5 Å². The quantitative estimate of drug-likeness (QED) is 0.0999. The van der Waals surface area contributed by atoms with Crippen LogP contribution in [0.5, 0.6) is 17.2 Å². The van der Waals surface area contributed by atoms with E-state index in [9.17, 15) is 10.2 Å². The number of hydrogen-bond acceptors (Lipinski definition) is 3. The molecule has 3 heteroatoms. The maximum atomic E-state index is 11.2. The molecule has 0 fully saturated rings. The molecule has 0 aliphatic carbocycles. The minimum Gasteiger partial charge on any atom is -0.504 e. The van der Waals surface area contributed by atoms with E-state index in [1.165, 1.54) is 114 Å². The molecule has 2 N–H and O–H groups in total. The van der Waals surface area contributed by atoms with Gasteiger partial charge >= 0.3 is 0 Å². The zero-order valence-electron chi connectivity index (χ0n) is 25.3. The molecule has 0 bridgehead atoms. The van der Waals surface area contributed by atoms with Crippen LogP contribution in [-0.4, -0.2) is 16.8 Å². The Bertz CT molecular complexity index is 682. The van der Waals surface area contributed by atoms with Crippen LogP contribution in [0.1, 0.15) is 173 Å². The summed E-state index contributed by atoms with van der Waals surface area (Å²) in [5.41, 5.74) is 3.47. The van der Waals surface area contributed by atoms with Crippen LogP contribution >= 0.6 is 0 Å². The summed E-state index contributed by atoms with van der Waals surface area (Å²) in [5.74, 6) is 0.665. The molecule has 1 aromatic carbocycles. The van der Waals surface area contributed by atoms with Gasteiger partial charge in [-0.1, -0.05) is 130 Å². The second-order valence-electron chi connectivity index (χ2n) is 11.2. The highest BCUT2D eigenvalue weighted by Crippen LogP contribution is 2.46. The van der Waals surface area contributed by atoms with Crippen molar-refractivity contribution in [3.05, 3.63) is 16.7 Å². The zero-order chi connectivity index (χ0) is 27.1. The van der Waals surface area contributed by atoms with E-state index >= 15 is 0 Å². The SMILES string of the molecule is CCCCCCCCCCOc1c(O)c(O)c(CCCCCC)c(CCCCCC)c1CCCCCC. The highest BCUT2D eigenvalue weighted by atomic mass is 16.5. The van der Waals surface area contributed by atoms with E-state index in [0.717, 1.165) is 50.5 Å². The van der Waals surface area contributed by atoms with Gasteiger partial charge in [-0.3, -0.25) is 0 Å². The maximum absolute atomic E-state index is 11.2. The van der Waals surface area contributed by atoms with E-state index in [1.807, 2.05) is 0 Å². The summed E-state index contributed by atoms with van der Waals surface area (Å²) in [6.07, 6.45) is 27.1. The first-order valence-electron chi connectivity index (χ1n) is 16.3. The molecule has 0 aliphatic heterocycles. The Hall–Kier alpha value is -1.38. The Morgan fingerprint density at radius 1 is 0.405 bits per heavy atom. The van der Waals surface area contributed by atoms with Gasteiger partial charge < -0.3 is 14.9 Å². The molecule has 0 amide bonds. The van der Waals surface area contributed by atoms with Gasteiger partial charge in [-0.2, -0.15) is 0 Å². The predicted molar refractivity (Wildman–Crippen MR) is 161 cm³/mol. The fraction of sp³-hybridized carbons (Fsp3) is 0.824. The first-order valence-corrected chi connectivity index (χ1v) is 16.3. The van der Waals surface area contributed by atoms with Gasteiger partial charge in [-0.25, -0.2) is 0 Å². The molecule has 0 aliphatic rings. The van der Waals surface area contributed by atoms with Gasteiger partial charge in [0.1, 0.15) is 0 Å². The lowest BCUT2D eigenvalue weighted by Gasteiger charge is -2.23. The highest BCUT2D eigenvalue weighted by molar-refractivity contribution is 5.62. The fourth-order valence-corrected chi connectivity index (χ4v) is 5.44. The fourth-order valence-electron chi connectivity index (χ4n) is 5.44. The molecule has 37 heavy (non-hydrogen) atoms. The zero-order valence-corrected chi connectivity index (χ0v) is 25.3. The molecular weight excluding hydrogens is 456 g/mol. The van der Waals surface area contributed by atoms with Crippen molar-refractivity contribution < 1.29 is 14.9 Å². The van der Waals surface area contributed by atoms with Crippen LogP contribution in [0.4, 0.5) is 0 Å². The predicted octanol–water partition coefficient (Wildman–Crippen LogP) is 11.0. The molecule has 0 heterocycles. The van der Waals surface area contributed by atoms with Gasteiger partial charge in [0.15, 0.2) is 11.5 Å². The van der Waals surface area contributed by atoms with Crippen molar-refractivity contribution in [3.8, 4) is 17.2 Å². The van der Waals surface area contributed by atoms with Gasteiger partial charge in [0.2, 0.25) is 5.75 Å². The van der Waals surface area contributed by atoms with E-state index in [2.05, 4.69) is 27.7 Å². The third-order valence-corrected chi connectivity index (χ3v) is 7.81. The first kappa shape index (κ1) is 33.6. The molecular formula is C34H62O3. The van der Waals surface area contributed by atoms with E-state index in [1.54, 1.807) is 0 Å². The monoisotopic (exact) mass is 518 g/mol. The number of unbranched alkanes of at least 4 members (excludes halogenated alkanes) is 16. The van der Waals surface area contributed by atoms with Crippen LogP contribution < -0.4 is 4.74 Å². The summed E-state index contributed by atoms with van der Waals surface area (Å²) in [4.78, 5) is 0. The number of aromatic hydroxyl groups is 2. The summed E-state index contributed by atoms with van der Waals surface area (Å²) in [7, 11) is 0. The Morgan fingerprint density at radius 3 is 1.27 bits per heavy atom. The lowest BCUT2D eigenvalue weighted by molar-refractivity contribution is 0.278. The highest BCUT2D eigenvalue weighted by Gasteiger charge is 2.24. The lowest BCUT2D eigenvalue weighted by Crippen LogP contribution is -2.08. The average Bonchev–Trinajstić information content (AvgIpc) is 2.90. The smallest absolute Gasteiger partial charge is 0.201 e. The number of benzene rings is 1. The molecule has 3 nitrogen and oxygen atoms in total. The number of phenols is 2. The third kappa shape index (κ3) is 13.8. The van der Waals surface area contributed by atoms with E-state index < -0.39 is 0 Å². The molecule has 0 unspecified atom stereocenters. The molecule has 0 radical (unpaired) electrons. The second kappa shape index (κ2) is 22.6. The largest absolute Gasteiger partial charge is 0.504 e. The summed E-state index contributed by atoms with van der Waals surface area (Å²) in [6.45, 7) is 9.61. The summed E-state index contributed by atoms with van der Waals surface area (Å²) in [6, 6.07) is 0. The van der Waals surface area contributed by atoms with Gasteiger partial charge in [0, 0.05) is 11.1 Å². The van der Waals surface area contributed by atoms with E-state index in [4.69, 9.17) is 4.74 Å². The molecule has 0 saturated heterocycles. The average molecular weight is 519 g/mol. The first-order chi connectivity index (χ1) is 18.1. The van der Waals surface area contributed by atoms with Crippen molar-refractivity contribution in [2.24, 2.45) is 0 Å². The van der Waals surface area contributed by atoms with Crippen molar-refractivity contribution in [1.82, 2.24) is 0 Å². The molecule has 1 aromatic rings. The van der Waals surface area contributed by atoms with E-state index in [0.29, 0.717) is 12.4 Å². The van der Waals surface area contributed by atoms with Crippen LogP contribution in [0.2, 0.25) is 0 Å². The van der Waals surface area contributed by atoms with Crippen LogP contribution in [0.25, 0.3) is 0 Å². The Labute approximate surface area is 230 Å². The Morgan fingerprint density at radius 2 is 0.784 bits per heavy atom. The molecule has 0 spiro atoms. The molecule has 0 aromatic heterocycles. The molecule has 216 valence electrons. The van der Waals surface area contributed by atoms with Crippen LogP contribution in [-0.2, 0) is 19.3 Å². The van der Waals surface area contributed by atoms with Crippen molar-refractivity contribution in [3.63, 3.8) is 0 Å². The Kier molecular flexibility index (Phi) is 20.5. The second-order valence-corrected chi connectivity index (χ2v) is 11.2. The topological polar surface area (TPSA) is 49.7 Å². The number of ether oxygens (including phenoxy) is 1. The molecule has 0 saturated carbocycles. The standard InChI is InChI=1S/C34H62O3/c1-5-9-13-17-18-19-20-24-28-37-34-31(27-23-16-12-8-4)29(25-21-14-10-6-2)30(32(35)33(34)36)26-22-15-11-7-3/h35-36H,5-28H2,1-4H3. The van der Waals surface area contributed by atoms with Crippen molar-refractivity contribution in [2.45, 2.75) is 175 Å². The minimum absolute atomic E-state index is 0.00661. The van der Waals surface area contributed by atoms with Crippen LogP contribution in [0.3, 0.4) is 0 Å². The normalized spacial score (nSPS) is 11.4. The van der Waals surface area contributed by atoms with Crippen molar-refractivity contribution in [2.75, 3.05) is 6.61 Å². The van der Waals surface area contributed by atoms with Crippen molar-refractivity contribution in [1.29, 1.82) is 0 Å². The van der Waals surface area contributed by atoms with Crippen molar-refractivity contribution >= 4 is 0 Å². The number of hydrogen-bond donors (Lipinski definition) is 2. The summed E-state index contributed by atoms with van der Waals surface area (Å²) in [5, 5.41) is 22.3. The maximum Gasteiger partial charge on any atom is 0.201 e. The van der Waals surface area contributed by atoms with Gasteiger partial charge in [-0.15, -0.1) is 0 Å². The summed E-state index contributed by atoms with van der Waals surface area (Å²) < 4.78 is 6.31. The number of rotatable bonds is 25. The lowest BCUT2D eigenvalue weighted by atomic mass is 9.88. The molecule has 1 rings (SSSR count). The van der Waals surface area contributed by atoms with Crippen LogP contribution in [0.15, 0.2) is 0 Å².